The Morgan fingerprint density at radius 1 is 1.19 bits per heavy atom. The van der Waals surface area contributed by atoms with Gasteiger partial charge in [0.15, 0.2) is 0 Å². The van der Waals surface area contributed by atoms with Gasteiger partial charge in [0, 0.05) is 17.3 Å². The van der Waals surface area contributed by atoms with Gasteiger partial charge in [-0.2, -0.15) is 0 Å². The van der Waals surface area contributed by atoms with Crippen molar-refractivity contribution < 1.29 is 14.0 Å². The maximum Gasteiger partial charge on any atom is 0.238 e. The Labute approximate surface area is 162 Å². The van der Waals surface area contributed by atoms with Crippen LogP contribution < -0.4 is 10.2 Å². The number of benzene rings is 2. The van der Waals surface area contributed by atoms with Gasteiger partial charge >= 0.3 is 0 Å². The first-order valence-corrected chi connectivity index (χ1v) is 10.2. The molecular formula is C21H21FN2O2S. The Balaban J connectivity index is 1.53. The van der Waals surface area contributed by atoms with E-state index in [1.807, 2.05) is 24.3 Å². The van der Waals surface area contributed by atoms with Crippen molar-refractivity contribution in [3.8, 4) is 0 Å². The summed E-state index contributed by atoms with van der Waals surface area (Å²) in [4.78, 5) is 26.1. The molecule has 2 aromatic carbocycles. The van der Waals surface area contributed by atoms with Crippen LogP contribution >= 0.6 is 11.8 Å². The van der Waals surface area contributed by atoms with E-state index in [1.165, 1.54) is 17.8 Å². The van der Waals surface area contributed by atoms with E-state index in [0.717, 1.165) is 30.5 Å². The largest absolute Gasteiger partial charge is 0.326 e. The third kappa shape index (κ3) is 3.58. The Kier molecular flexibility index (Phi) is 4.91. The van der Waals surface area contributed by atoms with Crippen molar-refractivity contribution in [2.24, 2.45) is 5.92 Å². The first kappa shape index (κ1) is 18.0. The standard InChI is InChI=1S/C21H21FN2O2S/c1-13-5-10-17(11-18(13)22)24-19(25)12-27-21(24)15-6-8-16(9-7-15)23-20(26)14-3-2-4-14/h5-11,14,21H,2-4,12H2,1H3,(H,23,26). The number of carbonyl (C=O) groups is 2. The fourth-order valence-electron chi connectivity index (χ4n) is 3.33. The summed E-state index contributed by atoms with van der Waals surface area (Å²) >= 11 is 1.52. The molecule has 1 heterocycles. The molecule has 1 atom stereocenters. The monoisotopic (exact) mass is 384 g/mol. The molecule has 2 aliphatic rings. The number of nitrogens with zero attached hydrogens (tertiary/aromatic N) is 1. The second-order valence-electron chi connectivity index (χ2n) is 7.10. The van der Waals surface area contributed by atoms with E-state index in [-0.39, 0.29) is 28.9 Å². The van der Waals surface area contributed by atoms with Gasteiger partial charge in [0.2, 0.25) is 11.8 Å². The van der Waals surface area contributed by atoms with Gasteiger partial charge in [-0.25, -0.2) is 4.39 Å². The highest BCUT2D eigenvalue weighted by molar-refractivity contribution is 8.00. The average Bonchev–Trinajstić information content (AvgIpc) is 2.98. The second kappa shape index (κ2) is 7.35. The summed E-state index contributed by atoms with van der Waals surface area (Å²) in [5.41, 5.74) is 2.84. The minimum Gasteiger partial charge on any atom is -0.326 e. The predicted molar refractivity (Wildman–Crippen MR) is 106 cm³/mol. The zero-order valence-corrected chi connectivity index (χ0v) is 15.9. The Morgan fingerprint density at radius 3 is 2.56 bits per heavy atom. The van der Waals surface area contributed by atoms with Gasteiger partial charge in [-0.05, 0) is 55.2 Å². The molecule has 1 aliphatic carbocycles. The molecule has 2 amide bonds. The first-order chi connectivity index (χ1) is 13.0. The van der Waals surface area contributed by atoms with Crippen LogP contribution in [0.5, 0.6) is 0 Å². The molecule has 0 bridgehead atoms. The van der Waals surface area contributed by atoms with Crippen molar-refractivity contribution in [3.05, 3.63) is 59.4 Å². The summed E-state index contributed by atoms with van der Waals surface area (Å²) in [7, 11) is 0. The Bertz CT molecular complexity index is 880. The molecule has 0 aromatic heterocycles. The molecule has 6 heteroatoms. The number of hydrogen-bond donors (Lipinski definition) is 1. The van der Waals surface area contributed by atoms with Gasteiger partial charge in [0.1, 0.15) is 11.2 Å². The van der Waals surface area contributed by atoms with Crippen LogP contribution in [0.2, 0.25) is 0 Å². The van der Waals surface area contributed by atoms with Crippen LogP contribution in [0.1, 0.15) is 35.8 Å². The zero-order valence-electron chi connectivity index (χ0n) is 15.1. The number of aryl methyl sites for hydroxylation is 1. The normalized spacial score (nSPS) is 19.9. The summed E-state index contributed by atoms with van der Waals surface area (Å²) in [6.45, 7) is 1.70. The van der Waals surface area contributed by atoms with Crippen LogP contribution in [0.15, 0.2) is 42.5 Å². The summed E-state index contributed by atoms with van der Waals surface area (Å²) < 4.78 is 14.0. The highest BCUT2D eigenvalue weighted by atomic mass is 32.2. The molecule has 0 spiro atoms. The molecule has 2 fully saturated rings. The number of nitrogens with one attached hydrogen (secondary N) is 1. The van der Waals surface area contributed by atoms with Crippen LogP contribution in [-0.2, 0) is 9.59 Å². The third-order valence-electron chi connectivity index (χ3n) is 5.24. The zero-order chi connectivity index (χ0) is 19.0. The highest BCUT2D eigenvalue weighted by Gasteiger charge is 2.34. The minimum absolute atomic E-state index is 0.0318. The number of hydrogen-bond acceptors (Lipinski definition) is 3. The maximum absolute atomic E-state index is 14.0. The van der Waals surface area contributed by atoms with Crippen LogP contribution in [-0.4, -0.2) is 17.6 Å². The van der Waals surface area contributed by atoms with Crippen molar-refractivity contribution in [2.75, 3.05) is 16.0 Å². The van der Waals surface area contributed by atoms with Crippen LogP contribution in [0, 0.1) is 18.7 Å². The maximum atomic E-state index is 14.0. The molecule has 4 rings (SSSR count). The fourth-order valence-corrected chi connectivity index (χ4v) is 4.50. The van der Waals surface area contributed by atoms with E-state index < -0.39 is 0 Å². The summed E-state index contributed by atoms with van der Waals surface area (Å²) in [6.07, 6.45) is 3.05. The Morgan fingerprint density at radius 2 is 1.93 bits per heavy atom. The molecule has 1 N–H and O–H groups in total. The molecule has 1 unspecified atom stereocenters. The van der Waals surface area contributed by atoms with Crippen molar-refractivity contribution >= 4 is 35.0 Å². The molecule has 2 aromatic rings. The molecule has 0 radical (unpaired) electrons. The van der Waals surface area contributed by atoms with Crippen molar-refractivity contribution in [2.45, 2.75) is 31.6 Å². The molecule has 140 valence electrons. The number of anilines is 2. The van der Waals surface area contributed by atoms with Gasteiger partial charge in [0.05, 0.1) is 5.75 Å². The smallest absolute Gasteiger partial charge is 0.238 e. The summed E-state index contributed by atoms with van der Waals surface area (Å²) in [6, 6.07) is 12.5. The number of halogens is 1. The second-order valence-corrected chi connectivity index (χ2v) is 8.17. The SMILES string of the molecule is Cc1ccc(N2C(=O)CSC2c2ccc(NC(=O)C3CCC3)cc2)cc1F. The van der Waals surface area contributed by atoms with E-state index in [4.69, 9.17) is 0 Å². The van der Waals surface area contributed by atoms with E-state index in [0.29, 0.717) is 17.0 Å². The predicted octanol–water partition coefficient (Wildman–Crippen LogP) is 4.65. The van der Waals surface area contributed by atoms with Gasteiger partial charge in [0.25, 0.3) is 0 Å². The average molecular weight is 384 g/mol. The van der Waals surface area contributed by atoms with Crippen LogP contribution in [0.3, 0.4) is 0 Å². The summed E-state index contributed by atoms with van der Waals surface area (Å²) in [5.74, 6) is 0.233. The lowest BCUT2D eigenvalue weighted by Gasteiger charge is -2.25. The van der Waals surface area contributed by atoms with Crippen molar-refractivity contribution in [1.29, 1.82) is 0 Å². The van der Waals surface area contributed by atoms with Crippen molar-refractivity contribution in [1.82, 2.24) is 0 Å². The van der Waals surface area contributed by atoms with Gasteiger partial charge < -0.3 is 5.32 Å². The quantitative estimate of drug-likeness (QED) is 0.835. The number of carbonyl (C=O) groups excluding carboxylic acids is 2. The fraction of sp³-hybridized carbons (Fsp3) is 0.333. The van der Waals surface area contributed by atoms with Gasteiger partial charge in [-0.3, -0.25) is 14.5 Å². The minimum atomic E-state index is -0.315. The first-order valence-electron chi connectivity index (χ1n) is 9.13. The molecule has 27 heavy (non-hydrogen) atoms. The Hall–Kier alpha value is -2.34. The van der Waals surface area contributed by atoms with E-state index in [9.17, 15) is 14.0 Å². The lowest BCUT2D eigenvalue weighted by Crippen LogP contribution is -2.28. The lowest BCUT2D eigenvalue weighted by atomic mass is 9.85. The third-order valence-corrected chi connectivity index (χ3v) is 6.45. The molecule has 1 aliphatic heterocycles. The molecular weight excluding hydrogens is 363 g/mol. The lowest BCUT2D eigenvalue weighted by molar-refractivity contribution is -0.122. The summed E-state index contributed by atoms with van der Waals surface area (Å²) in [5, 5.41) is 2.75. The molecule has 4 nitrogen and oxygen atoms in total. The van der Waals surface area contributed by atoms with Crippen LogP contribution in [0.25, 0.3) is 0 Å². The van der Waals surface area contributed by atoms with Gasteiger partial charge in [-0.1, -0.05) is 24.6 Å². The van der Waals surface area contributed by atoms with E-state index >= 15 is 0 Å². The van der Waals surface area contributed by atoms with E-state index in [1.54, 1.807) is 24.0 Å². The number of amides is 2. The highest BCUT2D eigenvalue weighted by Crippen LogP contribution is 2.42. The number of thioether (sulfide) groups is 1. The topological polar surface area (TPSA) is 49.4 Å². The number of rotatable bonds is 4. The molecule has 1 saturated carbocycles. The van der Waals surface area contributed by atoms with E-state index in [2.05, 4.69) is 5.32 Å². The van der Waals surface area contributed by atoms with Crippen LogP contribution in [0.4, 0.5) is 15.8 Å². The van der Waals surface area contributed by atoms with Crippen molar-refractivity contribution in [3.63, 3.8) is 0 Å². The van der Waals surface area contributed by atoms with Gasteiger partial charge in [-0.15, -0.1) is 11.8 Å². The molecule has 1 saturated heterocycles.